The Morgan fingerprint density at radius 3 is 1.67 bits per heavy atom. The summed E-state index contributed by atoms with van der Waals surface area (Å²) in [5, 5.41) is 2.20. The highest BCUT2D eigenvalue weighted by Crippen LogP contribution is 2.40. The van der Waals surface area contributed by atoms with E-state index in [1.54, 1.807) is 0 Å². The number of benzene rings is 7. The number of rotatable bonds is 6. The lowest BCUT2D eigenvalue weighted by Gasteiger charge is -2.16. The standard InChI is InChI=1S/C47H31F3N4/c1-30-11-10-16-34(27-30)35-21-26-43-41(28-35)38-17-8-9-18-42(38)54(43)37-24-25-39(40(29-37)31-19-22-36(23-20-31)47(48,49)50)46-52-44(32-12-4-2-5-13-32)51-45(53-46)33-14-6-3-7-15-33/h2-29H,1H3. The minimum atomic E-state index is -4.47. The minimum absolute atomic E-state index is 0.411. The first-order valence-electron chi connectivity index (χ1n) is 17.6. The van der Waals surface area contributed by atoms with Gasteiger partial charge >= 0.3 is 6.18 Å². The van der Waals surface area contributed by atoms with Gasteiger partial charge in [-0.15, -0.1) is 0 Å². The van der Waals surface area contributed by atoms with Crippen LogP contribution in [0.5, 0.6) is 0 Å². The van der Waals surface area contributed by atoms with Crippen molar-refractivity contribution in [2.45, 2.75) is 13.1 Å². The molecule has 0 saturated carbocycles. The van der Waals surface area contributed by atoms with Crippen LogP contribution in [0.15, 0.2) is 170 Å². The van der Waals surface area contributed by atoms with Gasteiger partial charge in [0.15, 0.2) is 17.5 Å². The third-order valence-electron chi connectivity index (χ3n) is 9.75. The molecule has 0 fully saturated rings. The van der Waals surface area contributed by atoms with Gasteiger partial charge in [-0.2, -0.15) is 13.2 Å². The Morgan fingerprint density at radius 1 is 0.426 bits per heavy atom. The fourth-order valence-electron chi connectivity index (χ4n) is 7.13. The predicted octanol–water partition coefficient (Wildman–Crippen LogP) is 12.6. The molecule has 0 amide bonds. The lowest BCUT2D eigenvalue weighted by molar-refractivity contribution is -0.137. The number of nitrogens with zero attached hydrogens (tertiary/aromatic N) is 4. The average Bonchev–Trinajstić information content (AvgIpc) is 3.54. The van der Waals surface area contributed by atoms with E-state index in [0.717, 1.165) is 61.9 Å². The molecule has 0 atom stereocenters. The molecule has 9 aromatic rings. The van der Waals surface area contributed by atoms with Crippen LogP contribution in [-0.4, -0.2) is 19.5 Å². The van der Waals surface area contributed by atoms with Crippen molar-refractivity contribution in [1.29, 1.82) is 0 Å². The Kier molecular flexibility index (Phi) is 8.12. The molecule has 0 unspecified atom stereocenters. The largest absolute Gasteiger partial charge is 0.416 e. The van der Waals surface area contributed by atoms with E-state index in [2.05, 4.69) is 66.1 Å². The van der Waals surface area contributed by atoms with Crippen molar-refractivity contribution in [2.75, 3.05) is 0 Å². The van der Waals surface area contributed by atoms with Crippen LogP contribution in [0.25, 0.3) is 83.9 Å². The van der Waals surface area contributed by atoms with Gasteiger partial charge in [0.2, 0.25) is 0 Å². The van der Waals surface area contributed by atoms with Crippen LogP contribution in [0.4, 0.5) is 13.2 Å². The number of fused-ring (bicyclic) bond motifs is 3. The highest BCUT2D eigenvalue weighted by Gasteiger charge is 2.30. The molecule has 0 aliphatic carbocycles. The molecule has 7 heteroatoms. The van der Waals surface area contributed by atoms with Crippen LogP contribution in [0.3, 0.4) is 0 Å². The van der Waals surface area contributed by atoms with E-state index in [1.165, 1.54) is 17.7 Å². The number of halogens is 3. The van der Waals surface area contributed by atoms with Gasteiger partial charge in [0.05, 0.1) is 16.6 Å². The maximum atomic E-state index is 13.8. The summed E-state index contributed by atoms with van der Waals surface area (Å²) in [6.07, 6.45) is -4.47. The van der Waals surface area contributed by atoms with Gasteiger partial charge in [0.25, 0.3) is 0 Å². The minimum Gasteiger partial charge on any atom is -0.309 e. The molecule has 260 valence electrons. The van der Waals surface area contributed by atoms with E-state index >= 15 is 0 Å². The van der Waals surface area contributed by atoms with E-state index in [0.29, 0.717) is 34.2 Å². The molecule has 2 heterocycles. The topological polar surface area (TPSA) is 43.6 Å². The second-order valence-corrected chi connectivity index (χ2v) is 13.3. The molecule has 0 bridgehead atoms. The van der Waals surface area contributed by atoms with Crippen molar-refractivity contribution in [3.63, 3.8) is 0 Å². The van der Waals surface area contributed by atoms with E-state index < -0.39 is 11.7 Å². The number of hydrogen-bond acceptors (Lipinski definition) is 3. The van der Waals surface area contributed by atoms with Crippen LogP contribution >= 0.6 is 0 Å². The van der Waals surface area contributed by atoms with Gasteiger partial charge < -0.3 is 4.57 Å². The molecule has 0 spiro atoms. The van der Waals surface area contributed by atoms with Crippen molar-refractivity contribution in [2.24, 2.45) is 0 Å². The van der Waals surface area contributed by atoms with Crippen molar-refractivity contribution < 1.29 is 13.2 Å². The van der Waals surface area contributed by atoms with Crippen molar-refractivity contribution in [3.8, 4) is 62.1 Å². The Morgan fingerprint density at radius 2 is 1.00 bits per heavy atom. The monoisotopic (exact) mass is 708 g/mol. The highest BCUT2D eigenvalue weighted by atomic mass is 19.4. The maximum absolute atomic E-state index is 13.8. The Balaban J connectivity index is 1.28. The quantitative estimate of drug-likeness (QED) is 0.173. The van der Waals surface area contributed by atoms with E-state index in [4.69, 9.17) is 15.0 Å². The van der Waals surface area contributed by atoms with Gasteiger partial charge in [-0.1, -0.05) is 127 Å². The second kappa shape index (κ2) is 13.3. The smallest absolute Gasteiger partial charge is 0.309 e. The van der Waals surface area contributed by atoms with Crippen LogP contribution < -0.4 is 0 Å². The van der Waals surface area contributed by atoms with Crippen molar-refractivity contribution >= 4 is 21.8 Å². The van der Waals surface area contributed by atoms with Crippen LogP contribution in [-0.2, 0) is 6.18 Å². The summed E-state index contributed by atoms with van der Waals surface area (Å²) in [7, 11) is 0. The Hall–Kier alpha value is -6.86. The molecule has 0 aliphatic heterocycles. The molecule has 4 nitrogen and oxygen atoms in total. The van der Waals surface area contributed by atoms with Gasteiger partial charge in [-0.3, -0.25) is 0 Å². The van der Waals surface area contributed by atoms with Gasteiger partial charge in [-0.05, 0) is 77.7 Å². The zero-order valence-corrected chi connectivity index (χ0v) is 29.1. The maximum Gasteiger partial charge on any atom is 0.416 e. The van der Waals surface area contributed by atoms with Gasteiger partial charge in [0, 0.05) is 33.2 Å². The number of para-hydroxylation sites is 1. The third-order valence-corrected chi connectivity index (χ3v) is 9.75. The summed E-state index contributed by atoms with van der Waals surface area (Å²) < 4.78 is 43.5. The molecule has 2 aromatic heterocycles. The van der Waals surface area contributed by atoms with E-state index in [-0.39, 0.29) is 0 Å². The zero-order valence-electron chi connectivity index (χ0n) is 29.1. The summed E-state index contributed by atoms with van der Waals surface area (Å²) >= 11 is 0. The van der Waals surface area contributed by atoms with Crippen molar-refractivity contribution in [1.82, 2.24) is 19.5 Å². The van der Waals surface area contributed by atoms with E-state index in [9.17, 15) is 13.2 Å². The van der Waals surface area contributed by atoms with Crippen LogP contribution in [0.1, 0.15) is 11.1 Å². The van der Waals surface area contributed by atoms with Crippen LogP contribution in [0, 0.1) is 6.92 Å². The molecule has 0 saturated heterocycles. The predicted molar refractivity (Wildman–Crippen MR) is 211 cm³/mol. The summed E-state index contributed by atoms with van der Waals surface area (Å²) in [6, 6.07) is 53.9. The zero-order chi connectivity index (χ0) is 36.8. The first-order valence-corrected chi connectivity index (χ1v) is 17.6. The normalized spacial score (nSPS) is 11.7. The Labute approximate surface area is 309 Å². The highest BCUT2D eigenvalue weighted by molar-refractivity contribution is 6.10. The summed E-state index contributed by atoms with van der Waals surface area (Å²) in [5.74, 6) is 1.40. The Bertz CT molecular complexity index is 2750. The molecule has 54 heavy (non-hydrogen) atoms. The molecule has 9 rings (SSSR count). The SMILES string of the molecule is Cc1cccc(-c2ccc3c(c2)c2ccccc2n3-c2ccc(-c3nc(-c4ccccc4)nc(-c4ccccc4)n3)c(-c3ccc(C(F)(F)F)cc3)c2)c1. The molecule has 0 radical (unpaired) electrons. The first kappa shape index (κ1) is 33.0. The number of aromatic nitrogens is 4. The molecule has 7 aromatic carbocycles. The van der Waals surface area contributed by atoms with Crippen molar-refractivity contribution in [3.05, 3.63) is 181 Å². The van der Waals surface area contributed by atoms with Crippen LogP contribution in [0.2, 0.25) is 0 Å². The third kappa shape index (κ3) is 6.09. The van der Waals surface area contributed by atoms with E-state index in [1.807, 2.05) is 91.0 Å². The summed E-state index contributed by atoms with van der Waals surface area (Å²) in [6.45, 7) is 2.09. The molecule has 0 aliphatic rings. The lowest BCUT2D eigenvalue weighted by Crippen LogP contribution is -2.04. The number of aryl methyl sites for hydroxylation is 1. The number of hydrogen-bond donors (Lipinski definition) is 0. The molecular formula is C47H31F3N4. The van der Waals surface area contributed by atoms with Gasteiger partial charge in [-0.25, -0.2) is 15.0 Å². The fourth-order valence-corrected chi connectivity index (χ4v) is 7.13. The lowest BCUT2D eigenvalue weighted by atomic mass is 9.97. The molecular weight excluding hydrogens is 678 g/mol. The summed E-state index contributed by atoms with van der Waals surface area (Å²) in [5.41, 5.74) is 9.21. The molecule has 0 N–H and O–H groups in total. The second-order valence-electron chi connectivity index (χ2n) is 13.3. The van der Waals surface area contributed by atoms with Gasteiger partial charge in [0.1, 0.15) is 0 Å². The number of alkyl halides is 3. The average molecular weight is 709 g/mol. The fraction of sp³-hybridized carbons (Fsp3) is 0.0426. The first-order chi connectivity index (χ1) is 26.3. The summed E-state index contributed by atoms with van der Waals surface area (Å²) in [4.78, 5) is 14.8.